The largest absolute Gasteiger partial charge is 0.481 e. The molecule has 0 saturated carbocycles. The van der Waals surface area contributed by atoms with Gasteiger partial charge in [-0.2, -0.15) is 4.98 Å². The minimum atomic E-state index is -0.0515. The fraction of sp³-hybridized carbons (Fsp3) is 0.550. The van der Waals surface area contributed by atoms with E-state index in [-0.39, 0.29) is 5.91 Å². The Labute approximate surface area is 165 Å². The average Bonchev–Trinajstić information content (AvgIpc) is 3.07. The molecule has 0 bridgehead atoms. The number of piperidine rings is 1. The van der Waals surface area contributed by atoms with Crippen LogP contribution in [0.3, 0.4) is 0 Å². The summed E-state index contributed by atoms with van der Waals surface area (Å²) in [5.74, 6) is 2.12. The molecule has 1 aliphatic heterocycles. The Hall–Kier alpha value is -2.61. The van der Waals surface area contributed by atoms with Crippen LogP contribution in [0.1, 0.15) is 34.7 Å². The Morgan fingerprint density at radius 3 is 2.57 bits per heavy atom. The normalized spacial score (nSPS) is 14.9. The number of pyridine rings is 1. The lowest BCUT2D eigenvalue weighted by atomic mass is 9.96. The van der Waals surface area contributed by atoms with Gasteiger partial charge in [0.05, 0.1) is 14.2 Å². The predicted molar refractivity (Wildman–Crippen MR) is 104 cm³/mol. The third kappa shape index (κ3) is 4.27. The van der Waals surface area contributed by atoms with Crippen molar-refractivity contribution in [3.63, 3.8) is 0 Å². The lowest BCUT2D eigenvalue weighted by Gasteiger charge is -2.32. The second-order valence-electron chi connectivity index (χ2n) is 7.01. The van der Waals surface area contributed by atoms with E-state index in [0.717, 1.165) is 30.9 Å². The summed E-state index contributed by atoms with van der Waals surface area (Å²) in [6.45, 7) is 4.90. The van der Waals surface area contributed by atoms with E-state index in [1.165, 1.54) is 14.2 Å². The van der Waals surface area contributed by atoms with E-state index in [9.17, 15) is 4.79 Å². The zero-order chi connectivity index (χ0) is 20.1. The summed E-state index contributed by atoms with van der Waals surface area (Å²) in [6.07, 6.45) is 3.78. The monoisotopic (exact) mass is 388 g/mol. The molecule has 152 valence electrons. The number of carbonyl (C=O) groups excluding carboxylic acids is 1. The smallest absolute Gasteiger partial charge is 0.259 e. The summed E-state index contributed by atoms with van der Waals surface area (Å²) in [5, 5.41) is 0. The van der Waals surface area contributed by atoms with Gasteiger partial charge in [-0.1, -0.05) is 0 Å². The van der Waals surface area contributed by atoms with Gasteiger partial charge in [-0.15, -0.1) is 0 Å². The van der Waals surface area contributed by atoms with Gasteiger partial charge in [-0.05, 0) is 31.7 Å². The lowest BCUT2D eigenvalue weighted by molar-refractivity contribution is 0.0676. The number of carbonyl (C=O) groups is 1. The highest BCUT2D eigenvalue weighted by atomic mass is 16.5. The number of methoxy groups -OCH3 is 3. The van der Waals surface area contributed by atoms with Gasteiger partial charge in [-0.25, -0.2) is 4.98 Å². The van der Waals surface area contributed by atoms with Gasteiger partial charge in [0.1, 0.15) is 18.0 Å². The molecule has 0 unspecified atom stereocenters. The maximum absolute atomic E-state index is 12.9. The van der Waals surface area contributed by atoms with Gasteiger partial charge in [0.25, 0.3) is 5.91 Å². The summed E-state index contributed by atoms with van der Waals surface area (Å²) in [4.78, 5) is 23.4. The first kappa shape index (κ1) is 20.1. The fourth-order valence-electron chi connectivity index (χ4n) is 3.61. The molecular formula is C20H28N4O4. The van der Waals surface area contributed by atoms with Crippen LogP contribution in [-0.2, 0) is 17.9 Å². The summed E-state index contributed by atoms with van der Waals surface area (Å²) >= 11 is 0. The zero-order valence-corrected chi connectivity index (χ0v) is 17.0. The van der Waals surface area contributed by atoms with Gasteiger partial charge >= 0.3 is 0 Å². The van der Waals surface area contributed by atoms with Crippen LogP contribution in [0.4, 0.5) is 0 Å². The van der Waals surface area contributed by atoms with Crippen LogP contribution in [0.25, 0.3) is 0 Å². The van der Waals surface area contributed by atoms with E-state index < -0.39 is 0 Å². The number of aryl methyl sites for hydroxylation is 1. The minimum Gasteiger partial charge on any atom is -0.481 e. The third-order valence-electron chi connectivity index (χ3n) is 5.22. The summed E-state index contributed by atoms with van der Waals surface area (Å²) in [6, 6.07) is 3.40. The molecule has 2 aromatic heterocycles. The highest BCUT2D eigenvalue weighted by Gasteiger charge is 2.27. The van der Waals surface area contributed by atoms with Gasteiger partial charge in [0.15, 0.2) is 0 Å². The molecule has 0 N–H and O–H groups in total. The van der Waals surface area contributed by atoms with Crippen molar-refractivity contribution >= 4 is 5.91 Å². The van der Waals surface area contributed by atoms with E-state index in [1.54, 1.807) is 19.2 Å². The number of rotatable bonds is 7. The first-order chi connectivity index (χ1) is 13.6. The van der Waals surface area contributed by atoms with Gasteiger partial charge < -0.3 is 23.7 Å². The Morgan fingerprint density at radius 1 is 1.18 bits per heavy atom. The molecule has 3 heterocycles. The van der Waals surface area contributed by atoms with Crippen molar-refractivity contribution in [2.75, 3.05) is 34.4 Å². The molecule has 8 nitrogen and oxygen atoms in total. The first-order valence-electron chi connectivity index (χ1n) is 9.45. The van der Waals surface area contributed by atoms with Crippen molar-refractivity contribution in [2.24, 2.45) is 5.92 Å². The number of nitrogens with zero attached hydrogens (tertiary/aromatic N) is 4. The number of ether oxygens (including phenoxy) is 3. The molecule has 0 radical (unpaired) electrons. The van der Waals surface area contributed by atoms with Crippen molar-refractivity contribution in [1.29, 1.82) is 0 Å². The Bertz CT molecular complexity index is 813. The van der Waals surface area contributed by atoms with Crippen molar-refractivity contribution in [2.45, 2.75) is 32.9 Å². The Balaban J connectivity index is 1.63. The van der Waals surface area contributed by atoms with E-state index in [4.69, 9.17) is 14.2 Å². The number of likely N-dealkylation sites (tertiary alicyclic amines) is 1. The lowest BCUT2D eigenvalue weighted by Crippen LogP contribution is -2.39. The van der Waals surface area contributed by atoms with Gasteiger partial charge in [-0.3, -0.25) is 4.79 Å². The summed E-state index contributed by atoms with van der Waals surface area (Å²) < 4.78 is 17.9. The van der Waals surface area contributed by atoms with Gasteiger partial charge in [0, 0.05) is 44.7 Å². The molecule has 0 aliphatic carbocycles. The molecule has 8 heteroatoms. The second kappa shape index (κ2) is 9.05. The quantitative estimate of drug-likeness (QED) is 0.724. The van der Waals surface area contributed by atoms with Crippen molar-refractivity contribution in [1.82, 2.24) is 19.4 Å². The number of imidazole rings is 1. The van der Waals surface area contributed by atoms with Crippen LogP contribution in [0.2, 0.25) is 0 Å². The predicted octanol–water partition coefficient (Wildman–Crippen LogP) is 2.30. The number of amides is 1. The molecule has 1 amide bonds. The highest BCUT2D eigenvalue weighted by Crippen LogP contribution is 2.26. The summed E-state index contributed by atoms with van der Waals surface area (Å²) in [7, 11) is 4.73. The van der Waals surface area contributed by atoms with Crippen LogP contribution < -0.4 is 9.47 Å². The molecule has 0 aromatic carbocycles. The molecule has 3 rings (SSSR count). The minimum absolute atomic E-state index is 0.0515. The maximum Gasteiger partial charge on any atom is 0.259 e. The fourth-order valence-corrected chi connectivity index (χ4v) is 3.61. The third-order valence-corrected chi connectivity index (χ3v) is 5.22. The maximum atomic E-state index is 12.9. The van der Waals surface area contributed by atoms with E-state index in [0.29, 0.717) is 42.9 Å². The molecular weight excluding hydrogens is 360 g/mol. The summed E-state index contributed by atoms with van der Waals surface area (Å²) in [5.41, 5.74) is 1.61. The second-order valence-corrected chi connectivity index (χ2v) is 7.01. The van der Waals surface area contributed by atoms with E-state index in [1.807, 2.05) is 11.1 Å². The van der Waals surface area contributed by atoms with E-state index in [2.05, 4.69) is 21.5 Å². The molecule has 0 spiro atoms. The number of hydrogen-bond acceptors (Lipinski definition) is 6. The molecule has 1 aliphatic rings. The Kier molecular flexibility index (Phi) is 6.51. The van der Waals surface area contributed by atoms with Gasteiger partial charge in [0.2, 0.25) is 11.8 Å². The SMILES string of the molecule is COCc1ncc(C)n1CC1CCN(C(=O)c2ccc(OC)nc2OC)CC1. The molecule has 1 fully saturated rings. The van der Waals surface area contributed by atoms with Crippen LogP contribution in [0.5, 0.6) is 11.8 Å². The molecule has 1 saturated heterocycles. The van der Waals surface area contributed by atoms with Crippen molar-refractivity contribution in [3.8, 4) is 11.8 Å². The van der Waals surface area contributed by atoms with Crippen LogP contribution >= 0.6 is 0 Å². The molecule has 0 atom stereocenters. The van der Waals surface area contributed by atoms with Crippen molar-refractivity contribution in [3.05, 3.63) is 35.4 Å². The highest BCUT2D eigenvalue weighted by molar-refractivity contribution is 5.96. The van der Waals surface area contributed by atoms with Crippen LogP contribution in [0, 0.1) is 12.8 Å². The standard InChI is InChI=1S/C20H28N4O4/c1-14-11-21-17(13-26-2)24(14)12-15-7-9-23(10-8-15)20(25)16-5-6-18(27-3)22-19(16)28-4/h5-6,11,15H,7-10,12-13H2,1-4H3. The number of hydrogen-bond donors (Lipinski definition) is 0. The van der Waals surface area contributed by atoms with Crippen LogP contribution in [-0.4, -0.2) is 59.8 Å². The molecule has 2 aromatic rings. The topological polar surface area (TPSA) is 78.7 Å². The first-order valence-corrected chi connectivity index (χ1v) is 9.45. The zero-order valence-electron chi connectivity index (χ0n) is 17.0. The average molecular weight is 388 g/mol. The Morgan fingerprint density at radius 2 is 1.93 bits per heavy atom. The van der Waals surface area contributed by atoms with Crippen LogP contribution in [0.15, 0.2) is 18.3 Å². The van der Waals surface area contributed by atoms with E-state index >= 15 is 0 Å². The molecule has 28 heavy (non-hydrogen) atoms. The van der Waals surface area contributed by atoms with Crippen molar-refractivity contribution < 1.29 is 19.0 Å². The number of aromatic nitrogens is 3.